The smallest absolute Gasteiger partial charge is 0.252 e. The number of carbonyl (C=O) groups is 2. The lowest BCUT2D eigenvalue weighted by Gasteiger charge is -2.16. The van der Waals surface area contributed by atoms with E-state index in [0.29, 0.717) is 17.9 Å². The summed E-state index contributed by atoms with van der Waals surface area (Å²) in [5.41, 5.74) is 5.40. The Labute approximate surface area is 171 Å². The molecule has 2 amide bonds. The van der Waals surface area contributed by atoms with E-state index in [4.69, 9.17) is 0 Å². The maximum atomic E-state index is 12.8. The first kappa shape index (κ1) is 20.5. The summed E-state index contributed by atoms with van der Waals surface area (Å²) in [6.07, 6.45) is 2.18. The van der Waals surface area contributed by atoms with Crippen LogP contribution in [-0.4, -0.2) is 35.6 Å². The molecule has 3 rings (SSSR count). The van der Waals surface area contributed by atoms with Gasteiger partial charge in [0.05, 0.1) is 11.3 Å². The van der Waals surface area contributed by atoms with E-state index in [2.05, 4.69) is 38.2 Å². The van der Waals surface area contributed by atoms with Crippen LogP contribution in [0.1, 0.15) is 45.5 Å². The van der Waals surface area contributed by atoms with Crippen molar-refractivity contribution in [1.29, 1.82) is 0 Å². The monoisotopic (exact) mass is 396 g/mol. The van der Waals surface area contributed by atoms with Crippen LogP contribution in [0.2, 0.25) is 0 Å². The van der Waals surface area contributed by atoms with Crippen molar-refractivity contribution in [3.05, 3.63) is 64.2 Å². The fraction of sp³-hybridized carbons (Fsp3) is 0.391. The second-order valence-corrected chi connectivity index (χ2v) is 8.45. The fourth-order valence-electron chi connectivity index (χ4n) is 3.73. The van der Waals surface area contributed by atoms with Crippen molar-refractivity contribution in [2.24, 2.45) is 0 Å². The van der Waals surface area contributed by atoms with Crippen molar-refractivity contribution >= 4 is 23.6 Å². The highest BCUT2D eigenvalue weighted by Gasteiger charge is 2.19. The summed E-state index contributed by atoms with van der Waals surface area (Å²) in [6.45, 7) is 8.46. The first-order chi connectivity index (χ1) is 13.5. The predicted molar refractivity (Wildman–Crippen MR) is 115 cm³/mol. The second kappa shape index (κ2) is 9.28. The first-order valence-electron chi connectivity index (χ1n) is 9.80. The van der Waals surface area contributed by atoms with Gasteiger partial charge in [0.25, 0.3) is 5.91 Å². The summed E-state index contributed by atoms with van der Waals surface area (Å²) in [4.78, 5) is 27.9. The van der Waals surface area contributed by atoms with Crippen molar-refractivity contribution in [1.82, 2.24) is 10.2 Å². The molecule has 5 heteroatoms. The minimum absolute atomic E-state index is 0.101. The molecule has 148 valence electrons. The van der Waals surface area contributed by atoms with E-state index in [-0.39, 0.29) is 11.8 Å². The van der Waals surface area contributed by atoms with Gasteiger partial charge >= 0.3 is 0 Å². The molecule has 0 atom stereocenters. The van der Waals surface area contributed by atoms with Gasteiger partial charge in [0.2, 0.25) is 5.91 Å². The van der Waals surface area contributed by atoms with Crippen molar-refractivity contribution in [3.63, 3.8) is 0 Å². The van der Waals surface area contributed by atoms with Crippen LogP contribution in [0.25, 0.3) is 0 Å². The quantitative estimate of drug-likeness (QED) is 0.743. The van der Waals surface area contributed by atoms with E-state index in [1.165, 1.54) is 28.5 Å². The van der Waals surface area contributed by atoms with E-state index in [9.17, 15) is 9.59 Å². The number of carbonyl (C=O) groups excluding carboxylic acids is 2. The molecule has 28 heavy (non-hydrogen) atoms. The number of benzene rings is 2. The summed E-state index contributed by atoms with van der Waals surface area (Å²) in [7, 11) is 0. The molecule has 1 fully saturated rings. The molecule has 0 aliphatic carbocycles. The summed E-state index contributed by atoms with van der Waals surface area (Å²) in [5.74, 6) is 0.431. The van der Waals surface area contributed by atoms with Crippen molar-refractivity contribution < 1.29 is 9.59 Å². The number of rotatable bonds is 6. The maximum absolute atomic E-state index is 12.8. The predicted octanol–water partition coefficient (Wildman–Crippen LogP) is 4.26. The van der Waals surface area contributed by atoms with Crippen molar-refractivity contribution in [2.45, 2.75) is 45.1 Å². The molecular weight excluding hydrogens is 368 g/mol. The molecule has 0 bridgehead atoms. The molecule has 0 aromatic heterocycles. The first-order valence-corrected chi connectivity index (χ1v) is 10.8. The van der Waals surface area contributed by atoms with Crippen LogP contribution in [0.4, 0.5) is 0 Å². The van der Waals surface area contributed by atoms with Gasteiger partial charge in [0.1, 0.15) is 0 Å². The zero-order valence-corrected chi connectivity index (χ0v) is 17.7. The lowest BCUT2D eigenvalue weighted by molar-refractivity contribution is -0.127. The minimum Gasteiger partial charge on any atom is -0.348 e. The van der Waals surface area contributed by atoms with Crippen LogP contribution in [0.5, 0.6) is 0 Å². The standard InChI is InChI=1S/C23H28N2O2S/c1-16-12-17(2)20(18(3)13-16)14-24-23(27)19-8-4-5-9-21(19)28-15-22(26)25-10-6-7-11-25/h4-5,8-9,12-13H,6-7,10-11,14-15H2,1-3H3,(H,24,27). The van der Waals surface area contributed by atoms with Gasteiger partial charge in [0, 0.05) is 24.5 Å². The minimum atomic E-state index is -0.101. The topological polar surface area (TPSA) is 49.4 Å². The third kappa shape index (κ3) is 4.96. The van der Waals surface area contributed by atoms with E-state index in [1.54, 1.807) is 0 Å². The van der Waals surface area contributed by atoms with Gasteiger partial charge in [0.15, 0.2) is 0 Å². The summed E-state index contributed by atoms with van der Waals surface area (Å²) < 4.78 is 0. The summed E-state index contributed by atoms with van der Waals surface area (Å²) in [6, 6.07) is 11.8. The van der Waals surface area contributed by atoms with E-state index in [0.717, 1.165) is 36.4 Å². The zero-order valence-electron chi connectivity index (χ0n) is 16.9. The molecule has 0 unspecified atom stereocenters. The molecule has 1 N–H and O–H groups in total. The molecule has 1 aliphatic rings. The molecule has 2 aromatic rings. The van der Waals surface area contributed by atoms with Gasteiger partial charge in [-0.1, -0.05) is 29.8 Å². The highest BCUT2D eigenvalue weighted by molar-refractivity contribution is 8.00. The third-order valence-corrected chi connectivity index (χ3v) is 6.27. The van der Waals surface area contributed by atoms with Crippen LogP contribution in [-0.2, 0) is 11.3 Å². The van der Waals surface area contributed by atoms with Gasteiger partial charge in [-0.3, -0.25) is 9.59 Å². The number of hydrogen-bond acceptors (Lipinski definition) is 3. The summed E-state index contributed by atoms with van der Waals surface area (Å²) >= 11 is 1.45. The highest BCUT2D eigenvalue weighted by Crippen LogP contribution is 2.24. The molecule has 4 nitrogen and oxygen atoms in total. The Morgan fingerprint density at radius 3 is 2.36 bits per heavy atom. The molecule has 1 saturated heterocycles. The van der Waals surface area contributed by atoms with Crippen LogP contribution in [0, 0.1) is 20.8 Å². The number of hydrogen-bond donors (Lipinski definition) is 1. The number of nitrogens with one attached hydrogen (secondary N) is 1. The average molecular weight is 397 g/mol. The molecule has 0 radical (unpaired) electrons. The van der Waals surface area contributed by atoms with Crippen molar-refractivity contribution in [3.8, 4) is 0 Å². The Balaban J connectivity index is 1.65. The fourth-order valence-corrected chi connectivity index (χ4v) is 4.68. The molecular formula is C23H28N2O2S. The van der Waals surface area contributed by atoms with E-state index >= 15 is 0 Å². The molecule has 1 heterocycles. The molecule has 0 spiro atoms. The van der Waals surface area contributed by atoms with Crippen LogP contribution < -0.4 is 5.32 Å². The van der Waals surface area contributed by atoms with E-state index < -0.39 is 0 Å². The Morgan fingerprint density at radius 2 is 1.68 bits per heavy atom. The lowest BCUT2D eigenvalue weighted by Crippen LogP contribution is -2.29. The van der Waals surface area contributed by atoms with Crippen LogP contribution in [0.3, 0.4) is 0 Å². The Kier molecular flexibility index (Phi) is 6.79. The highest BCUT2D eigenvalue weighted by atomic mass is 32.2. The molecule has 1 aliphatic heterocycles. The molecule has 0 saturated carbocycles. The van der Waals surface area contributed by atoms with Crippen LogP contribution in [0.15, 0.2) is 41.3 Å². The van der Waals surface area contributed by atoms with Gasteiger partial charge in [-0.15, -0.1) is 11.8 Å². The maximum Gasteiger partial charge on any atom is 0.252 e. The van der Waals surface area contributed by atoms with Crippen LogP contribution >= 0.6 is 11.8 Å². The number of likely N-dealkylation sites (tertiary alicyclic amines) is 1. The summed E-state index contributed by atoms with van der Waals surface area (Å²) in [5, 5.41) is 3.05. The second-order valence-electron chi connectivity index (χ2n) is 7.43. The SMILES string of the molecule is Cc1cc(C)c(CNC(=O)c2ccccc2SCC(=O)N2CCCC2)c(C)c1. The average Bonchev–Trinajstić information content (AvgIpc) is 3.20. The Hall–Kier alpha value is -2.27. The Morgan fingerprint density at radius 1 is 1.04 bits per heavy atom. The van der Waals surface area contributed by atoms with Gasteiger partial charge in [-0.25, -0.2) is 0 Å². The number of thioether (sulfide) groups is 1. The van der Waals surface area contributed by atoms with Gasteiger partial charge in [-0.2, -0.15) is 0 Å². The lowest BCUT2D eigenvalue weighted by atomic mass is 10.00. The number of aryl methyl sites for hydroxylation is 3. The number of nitrogens with zero attached hydrogens (tertiary/aromatic N) is 1. The number of amides is 2. The van der Waals surface area contributed by atoms with Gasteiger partial charge in [-0.05, 0) is 62.4 Å². The van der Waals surface area contributed by atoms with Gasteiger partial charge < -0.3 is 10.2 Å². The zero-order chi connectivity index (χ0) is 20.1. The molecule has 2 aromatic carbocycles. The Bertz CT molecular complexity index is 850. The normalized spacial score (nSPS) is 13.6. The largest absolute Gasteiger partial charge is 0.348 e. The van der Waals surface area contributed by atoms with E-state index in [1.807, 2.05) is 29.2 Å². The van der Waals surface area contributed by atoms with Crippen molar-refractivity contribution in [2.75, 3.05) is 18.8 Å². The third-order valence-electron chi connectivity index (χ3n) is 5.21.